The first-order valence-electron chi connectivity index (χ1n) is 36.2. The largest absolute Gasteiger partial charge is 0.508 e. The summed E-state index contributed by atoms with van der Waals surface area (Å²) in [7, 11) is 0. The fourth-order valence-electron chi connectivity index (χ4n) is 10.4. The third-order valence-electron chi connectivity index (χ3n) is 16.8. The van der Waals surface area contributed by atoms with Gasteiger partial charge < -0.3 is 148 Å². The Bertz CT molecular complexity index is 3360. The molecule has 1 rings (SSSR count). The van der Waals surface area contributed by atoms with Crippen LogP contribution in [-0.2, 0) is 64.0 Å². The molecule has 38 N–H and O–H groups in total. The van der Waals surface area contributed by atoms with E-state index in [2.05, 4.69) is 89.1 Å². The number of guanidine groups is 4. The van der Waals surface area contributed by atoms with Gasteiger partial charge in [0.1, 0.15) is 72.2 Å². The van der Waals surface area contributed by atoms with E-state index in [1.54, 1.807) is 27.7 Å². The van der Waals surface area contributed by atoms with Crippen LogP contribution in [-0.4, -0.2) is 240 Å². The molecule has 0 heterocycles. The summed E-state index contributed by atoms with van der Waals surface area (Å²) in [6.45, 7) is 9.73. The zero-order valence-corrected chi connectivity index (χ0v) is 63.8. The summed E-state index contributed by atoms with van der Waals surface area (Å²) < 4.78 is 0. The molecule has 1 aromatic rings. The summed E-state index contributed by atoms with van der Waals surface area (Å²) in [6.07, 6.45) is -2.38. The zero-order chi connectivity index (χ0) is 84.2. The molecule has 111 heavy (non-hydrogen) atoms. The predicted octanol–water partition coefficient (Wildman–Crippen LogP) is -9.09. The summed E-state index contributed by atoms with van der Waals surface area (Å²) in [5.41, 5.74) is 61.3. The number of hydrogen-bond donors (Lipinski definition) is 27. The maximum atomic E-state index is 15.0. The molecule has 45 heteroatoms. The van der Waals surface area contributed by atoms with E-state index in [1.165, 1.54) is 45.0 Å². The fourth-order valence-corrected chi connectivity index (χ4v) is 10.4. The van der Waals surface area contributed by atoms with Crippen molar-refractivity contribution in [3.05, 3.63) is 29.8 Å². The summed E-state index contributed by atoms with van der Waals surface area (Å²) in [6, 6.07) is -14.4. The number of carbonyl (C=O) groups excluding carboxylic acids is 13. The standard InChI is InChI=1S/C66H118N28O17/c1-8-33(4)47(58(106)94-48(36(7)95)59(107)85-35(6)60(108)109)93-57(105)46(32(2)3)92-49(97)34(5)84-51(99)40(16-10-26-79-62(70)71)87-54(102)43(19-13-29-82-65(76)110)90-56(104)45(31-37-21-23-38(96)24-22-37)91-55(103)44(20-14-30-83-66(77)111)89-53(101)42(18-12-28-81-64(74)75)88-52(100)41(17-11-27-80-63(72)73)86-50(98)39(67)15-9-25-78-61(68)69/h21-24,32-36,39-48,95-96H,8-20,25-31,67H2,1-7H3,(H,84,99)(H,85,107)(H,86,98)(H,87,102)(H,88,100)(H,89,101)(H,90,104)(H,91,103)(H,92,97)(H,93,105)(H,94,106)(H,108,109)(H4,68,69,78)(H4,70,71,79)(H4,72,73,80)(H4,74,75,81)(H3,76,82,110)(H3,77,83,111)/t33-,34-,35-,36+,39-,40-,41-,42-,43-,44-,45-,46-,47-,48-/m0/s1. The molecular formula is C66H118N28O17. The van der Waals surface area contributed by atoms with E-state index in [-0.39, 0.29) is 159 Å². The van der Waals surface area contributed by atoms with E-state index in [4.69, 9.17) is 63.1 Å². The van der Waals surface area contributed by atoms with Gasteiger partial charge in [-0.1, -0.05) is 46.2 Å². The SMILES string of the molecule is CC[C@H](C)[C@H](NC(=O)[C@@H](NC(=O)[C@H](C)NC(=O)[C@H](CCCN=C(N)N)NC(=O)[C@H](CCCNC(N)=O)NC(=O)[C@H](Cc1ccc(O)cc1)NC(=O)[C@H](CCCNC(N)=O)NC(=O)[C@H](CCCN=C(N)N)NC(=O)[C@H](CCCN=C(N)N)NC(=O)[C@@H](N)CCCN=C(N)N)C(C)C)C(=O)N[C@H](C(=O)N[C@@H](C)C(=O)O)[C@@H](C)O. The summed E-state index contributed by atoms with van der Waals surface area (Å²) in [5.74, 6) is -14.5. The van der Waals surface area contributed by atoms with Crippen LogP contribution in [0.5, 0.6) is 5.75 Å². The molecular weight excluding hydrogens is 1460 g/mol. The number of carboxylic acids is 1. The molecule has 45 nitrogen and oxygen atoms in total. The lowest BCUT2D eigenvalue weighted by molar-refractivity contribution is -0.142. The Morgan fingerprint density at radius 3 is 1.05 bits per heavy atom. The number of aliphatic hydroxyl groups is 1. The van der Waals surface area contributed by atoms with Crippen LogP contribution in [0.3, 0.4) is 0 Å². The second-order valence-corrected chi connectivity index (χ2v) is 26.6. The molecule has 0 bridgehead atoms. The Labute approximate surface area is 642 Å². The Morgan fingerprint density at radius 2 is 0.694 bits per heavy atom. The van der Waals surface area contributed by atoms with Gasteiger partial charge in [-0.2, -0.15) is 0 Å². The summed E-state index contributed by atoms with van der Waals surface area (Å²) >= 11 is 0. The smallest absolute Gasteiger partial charge is 0.325 e. The molecule has 0 aliphatic rings. The van der Waals surface area contributed by atoms with Gasteiger partial charge in [0.15, 0.2) is 23.8 Å². The van der Waals surface area contributed by atoms with Gasteiger partial charge in [-0.05, 0) is 127 Å². The first-order chi connectivity index (χ1) is 52.1. The van der Waals surface area contributed by atoms with Gasteiger partial charge in [-0.25, -0.2) is 9.59 Å². The monoisotopic (exact) mass is 1570 g/mol. The maximum Gasteiger partial charge on any atom is 0.325 e. The number of aliphatic imine (C=N–C) groups is 4. The average Bonchev–Trinajstić information content (AvgIpc) is 0.851. The first-order valence-corrected chi connectivity index (χ1v) is 36.2. The van der Waals surface area contributed by atoms with Crippen molar-refractivity contribution in [1.82, 2.24) is 69.1 Å². The van der Waals surface area contributed by atoms with Crippen molar-refractivity contribution in [2.24, 2.45) is 94.9 Å². The van der Waals surface area contributed by atoms with E-state index in [9.17, 15) is 82.4 Å². The lowest BCUT2D eigenvalue weighted by Gasteiger charge is -2.30. The third-order valence-corrected chi connectivity index (χ3v) is 16.8. The first kappa shape index (κ1) is 97.2. The van der Waals surface area contributed by atoms with Crippen LogP contribution < -0.4 is 132 Å². The molecule has 0 radical (unpaired) electrons. The van der Waals surface area contributed by atoms with Crippen molar-refractivity contribution in [2.45, 2.75) is 217 Å². The summed E-state index contributed by atoms with van der Waals surface area (Å²) in [5, 5.41) is 62.6. The number of nitrogens with two attached hydrogens (primary N) is 11. The lowest BCUT2D eigenvalue weighted by Crippen LogP contribution is -2.62. The number of aromatic hydroxyl groups is 1. The van der Waals surface area contributed by atoms with Gasteiger partial charge in [0.2, 0.25) is 65.0 Å². The topological polar surface area (TPSA) is 792 Å². The van der Waals surface area contributed by atoms with Gasteiger partial charge in [-0.15, -0.1) is 0 Å². The van der Waals surface area contributed by atoms with Crippen molar-refractivity contribution in [2.75, 3.05) is 39.3 Å². The number of nitrogens with zero attached hydrogens (tertiary/aromatic N) is 4. The Hall–Kier alpha value is -11.8. The van der Waals surface area contributed by atoms with Crippen LogP contribution in [0, 0.1) is 11.8 Å². The van der Waals surface area contributed by atoms with E-state index >= 15 is 0 Å². The van der Waals surface area contributed by atoms with Gasteiger partial charge in [-0.3, -0.25) is 77.5 Å². The van der Waals surface area contributed by atoms with Crippen LogP contribution >= 0.6 is 0 Å². The van der Waals surface area contributed by atoms with Crippen molar-refractivity contribution in [3.8, 4) is 5.75 Å². The molecule has 14 atom stereocenters. The van der Waals surface area contributed by atoms with Crippen LogP contribution in [0.25, 0.3) is 0 Å². The maximum absolute atomic E-state index is 15.0. The van der Waals surface area contributed by atoms with Crippen LogP contribution in [0.15, 0.2) is 44.2 Å². The number of aliphatic hydroxyl groups excluding tert-OH is 1. The highest BCUT2D eigenvalue weighted by Gasteiger charge is 2.38. The Morgan fingerprint density at radius 1 is 0.378 bits per heavy atom. The number of carbonyl (C=O) groups is 14. The quantitative estimate of drug-likeness (QED) is 0.0164. The molecule has 624 valence electrons. The highest BCUT2D eigenvalue weighted by atomic mass is 16.4. The zero-order valence-electron chi connectivity index (χ0n) is 63.8. The van der Waals surface area contributed by atoms with E-state index < -0.39 is 173 Å². The molecule has 15 amide bonds. The molecule has 0 saturated carbocycles. The number of urea groups is 2. The Kier molecular flexibility index (Phi) is 45.1. The number of nitrogens with one attached hydrogen (secondary N) is 13. The average molecular weight is 1580 g/mol. The number of amides is 15. The van der Waals surface area contributed by atoms with Crippen LogP contribution in [0.2, 0.25) is 0 Å². The highest BCUT2D eigenvalue weighted by Crippen LogP contribution is 2.16. The number of primary amides is 2. The normalized spacial score (nSPS) is 14.7. The van der Waals surface area contributed by atoms with Crippen molar-refractivity contribution in [3.63, 3.8) is 0 Å². The minimum Gasteiger partial charge on any atom is -0.508 e. The van der Waals surface area contributed by atoms with E-state index in [1.807, 2.05) is 0 Å². The highest BCUT2D eigenvalue weighted by molar-refractivity contribution is 6.00. The number of benzene rings is 1. The van der Waals surface area contributed by atoms with Crippen molar-refractivity contribution in [1.29, 1.82) is 0 Å². The van der Waals surface area contributed by atoms with E-state index in [0.29, 0.717) is 5.56 Å². The number of hydrogen-bond acceptors (Lipinski definition) is 21. The second kappa shape index (κ2) is 51.5. The van der Waals surface area contributed by atoms with E-state index in [0.717, 1.165) is 0 Å². The van der Waals surface area contributed by atoms with Gasteiger partial charge in [0.05, 0.1) is 12.1 Å². The van der Waals surface area contributed by atoms with Crippen molar-refractivity contribution < 1.29 is 82.4 Å². The number of phenolic OH excluding ortho intramolecular Hbond substituents is 1. The van der Waals surface area contributed by atoms with Crippen molar-refractivity contribution >= 4 is 107 Å². The van der Waals surface area contributed by atoms with Gasteiger partial charge in [0.25, 0.3) is 0 Å². The molecule has 0 spiro atoms. The molecule has 1 aromatic carbocycles. The molecule has 0 saturated heterocycles. The van der Waals surface area contributed by atoms with Crippen LogP contribution in [0.1, 0.15) is 138 Å². The summed E-state index contributed by atoms with van der Waals surface area (Å²) in [4.78, 5) is 207. The molecule has 0 unspecified atom stereocenters. The van der Waals surface area contributed by atoms with Gasteiger partial charge in [0, 0.05) is 45.7 Å². The number of rotatable bonds is 53. The minimum absolute atomic E-state index is 0.00324. The number of aliphatic carboxylic acids is 1. The number of phenols is 1. The Balaban J connectivity index is 3.95. The predicted molar refractivity (Wildman–Crippen MR) is 409 cm³/mol. The minimum atomic E-state index is -1.69. The number of carboxylic acid groups (broad SMARTS) is 1. The molecule has 0 aliphatic carbocycles. The second-order valence-electron chi connectivity index (χ2n) is 26.6. The van der Waals surface area contributed by atoms with Gasteiger partial charge >= 0.3 is 18.0 Å². The third kappa shape index (κ3) is 40.3. The fraction of sp³-hybridized carbons (Fsp3) is 0.636. The lowest BCUT2D eigenvalue weighted by atomic mass is 9.95. The molecule has 0 aromatic heterocycles. The molecule has 0 fully saturated rings. The molecule has 0 aliphatic heterocycles. The van der Waals surface area contributed by atoms with Crippen LogP contribution in [0.4, 0.5) is 9.59 Å².